The third-order valence-corrected chi connectivity index (χ3v) is 1.52. The SMILES string of the molecule is C=CC=C.C=Cc1ccc(OC)cc1. The average Bonchev–Trinajstić information content (AvgIpc) is 2.29. The van der Waals surface area contributed by atoms with Crippen LogP contribution in [-0.2, 0) is 0 Å². The van der Waals surface area contributed by atoms with Gasteiger partial charge in [-0.05, 0) is 17.7 Å². The van der Waals surface area contributed by atoms with Gasteiger partial charge in [0.2, 0.25) is 0 Å². The van der Waals surface area contributed by atoms with Crippen LogP contribution in [-0.4, -0.2) is 7.11 Å². The number of methoxy groups -OCH3 is 1. The molecule has 0 fully saturated rings. The Bertz CT molecular complexity index is 277. The van der Waals surface area contributed by atoms with Crippen LogP contribution in [0.5, 0.6) is 5.75 Å². The molecule has 0 aliphatic carbocycles. The second-order valence-corrected chi connectivity index (χ2v) is 2.45. The summed E-state index contributed by atoms with van der Waals surface area (Å²) < 4.78 is 4.98. The fourth-order valence-electron chi connectivity index (χ4n) is 0.740. The lowest BCUT2D eigenvalue weighted by Crippen LogP contribution is -1.80. The van der Waals surface area contributed by atoms with Crippen molar-refractivity contribution in [3.63, 3.8) is 0 Å². The van der Waals surface area contributed by atoms with Gasteiger partial charge in [-0.25, -0.2) is 0 Å². The first-order valence-electron chi connectivity index (χ1n) is 4.28. The third kappa shape index (κ3) is 4.99. The topological polar surface area (TPSA) is 9.23 Å². The summed E-state index contributed by atoms with van der Waals surface area (Å²) in [6.07, 6.45) is 5.08. The molecule has 0 heterocycles. The molecule has 14 heavy (non-hydrogen) atoms. The molecular formula is C13H16O. The molecule has 0 N–H and O–H groups in total. The molecule has 1 heteroatoms. The van der Waals surface area contributed by atoms with Crippen LogP contribution in [0.1, 0.15) is 5.56 Å². The van der Waals surface area contributed by atoms with E-state index in [1.165, 1.54) is 0 Å². The normalized spacial score (nSPS) is 7.79. The predicted octanol–water partition coefficient (Wildman–Crippen LogP) is 3.70. The fraction of sp³-hybridized carbons (Fsp3) is 0.0769. The first kappa shape index (κ1) is 12.2. The Morgan fingerprint density at radius 1 is 1.00 bits per heavy atom. The smallest absolute Gasteiger partial charge is 0.118 e. The summed E-state index contributed by atoms with van der Waals surface area (Å²) in [5, 5.41) is 0. The van der Waals surface area contributed by atoms with Crippen molar-refractivity contribution in [3.05, 3.63) is 61.7 Å². The van der Waals surface area contributed by atoms with E-state index in [4.69, 9.17) is 4.74 Å². The molecule has 0 aliphatic rings. The summed E-state index contributed by atoms with van der Waals surface area (Å²) >= 11 is 0. The average molecular weight is 188 g/mol. The summed E-state index contributed by atoms with van der Waals surface area (Å²) in [7, 11) is 1.66. The molecule has 0 saturated heterocycles. The van der Waals surface area contributed by atoms with E-state index in [0.29, 0.717) is 0 Å². The molecule has 0 amide bonds. The number of rotatable bonds is 3. The zero-order valence-corrected chi connectivity index (χ0v) is 8.57. The molecule has 1 rings (SSSR count). The van der Waals surface area contributed by atoms with Gasteiger partial charge in [0.1, 0.15) is 5.75 Å². The zero-order chi connectivity index (χ0) is 10.8. The monoisotopic (exact) mass is 188 g/mol. The molecular weight excluding hydrogens is 172 g/mol. The van der Waals surface area contributed by atoms with Crippen LogP contribution in [0.25, 0.3) is 6.08 Å². The lowest BCUT2D eigenvalue weighted by Gasteiger charge is -1.97. The molecule has 0 bridgehead atoms. The van der Waals surface area contributed by atoms with Crippen LogP contribution in [0.4, 0.5) is 0 Å². The highest BCUT2D eigenvalue weighted by Crippen LogP contribution is 2.11. The highest BCUT2D eigenvalue weighted by Gasteiger charge is 1.87. The number of allylic oxidation sites excluding steroid dienone is 2. The van der Waals surface area contributed by atoms with Gasteiger partial charge in [0.25, 0.3) is 0 Å². The second-order valence-electron chi connectivity index (χ2n) is 2.45. The minimum absolute atomic E-state index is 0.880. The maximum atomic E-state index is 4.98. The van der Waals surface area contributed by atoms with E-state index in [2.05, 4.69) is 19.7 Å². The summed E-state index contributed by atoms with van der Waals surface area (Å²) in [4.78, 5) is 0. The molecule has 74 valence electrons. The summed E-state index contributed by atoms with van der Waals surface area (Å²) in [5.41, 5.74) is 1.11. The van der Waals surface area contributed by atoms with Crippen molar-refractivity contribution in [2.45, 2.75) is 0 Å². The van der Waals surface area contributed by atoms with Crippen LogP contribution < -0.4 is 4.74 Å². The Balaban J connectivity index is 0.000000364. The lowest BCUT2D eigenvalue weighted by molar-refractivity contribution is 0.415. The molecule has 1 aromatic rings. The quantitative estimate of drug-likeness (QED) is 0.657. The van der Waals surface area contributed by atoms with Crippen molar-refractivity contribution >= 4 is 6.08 Å². The zero-order valence-electron chi connectivity index (χ0n) is 8.57. The largest absolute Gasteiger partial charge is 0.497 e. The number of benzene rings is 1. The van der Waals surface area contributed by atoms with Gasteiger partial charge in [-0.15, -0.1) is 0 Å². The highest BCUT2D eigenvalue weighted by atomic mass is 16.5. The van der Waals surface area contributed by atoms with E-state index in [1.807, 2.05) is 24.3 Å². The van der Waals surface area contributed by atoms with Gasteiger partial charge in [0, 0.05) is 0 Å². The number of hydrogen-bond donors (Lipinski definition) is 0. The van der Waals surface area contributed by atoms with Crippen molar-refractivity contribution in [1.29, 1.82) is 0 Å². The molecule has 0 aliphatic heterocycles. The first-order valence-corrected chi connectivity index (χ1v) is 4.28. The van der Waals surface area contributed by atoms with Crippen molar-refractivity contribution in [2.75, 3.05) is 7.11 Å². The summed E-state index contributed by atoms with van der Waals surface area (Å²) in [6, 6.07) is 7.76. The van der Waals surface area contributed by atoms with Gasteiger partial charge in [0.05, 0.1) is 7.11 Å². The van der Waals surface area contributed by atoms with Crippen LogP contribution in [0, 0.1) is 0 Å². The van der Waals surface area contributed by atoms with E-state index in [-0.39, 0.29) is 0 Å². The minimum atomic E-state index is 0.880. The molecule has 1 aromatic carbocycles. The number of ether oxygens (including phenoxy) is 1. The molecule has 0 aromatic heterocycles. The van der Waals surface area contributed by atoms with Crippen molar-refractivity contribution in [1.82, 2.24) is 0 Å². The first-order chi connectivity index (χ1) is 6.78. The Morgan fingerprint density at radius 3 is 1.79 bits per heavy atom. The second kappa shape index (κ2) is 7.87. The minimum Gasteiger partial charge on any atom is -0.497 e. The van der Waals surface area contributed by atoms with Crippen molar-refractivity contribution < 1.29 is 4.74 Å². The van der Waals surface area contributed by atoms with Crippen LogP contribution in [0.2, 0.25) is 0 Å². The van der Waals surface area contributed by atoms with E-state index < -0.39 is 0 Å². The van der Waals surface area contributed by atoms with Gasteiger partial charge in [-0.1, -0.05) is 50.1 Å². The maximum Gasteiger partial charge on any atom is 0.118 e. The maximum absolute atomic E-state index is 4.98. The van der Waals surface area contributed by atoms with Crippen LogP contribution in [0.15, 0.2) is 56.2 Å². The molecule has 0 saturated carbocycles. The van der Waals surface area contributed by atoms with Gasteiger partial charge in [-0.3, -0.25) is 0 Å². The Kier molecular flexibility index (Phi) is 6.88. The van der Waals surface area contributed by atoms with E-state index in [9.17, 15) is 0 Å². The van der Waals surface area contributed by atoms with Crippen molar-refractivity contribution in [2.24, 2.45) is 0 Å². The third-order valence-electron chi connectivity index (χ3n) is 1.52. The molecule has 0 atom stereocenters. The van der Waals surface area contributed by atoms with Gasteiger partial charge in [-0.2, -0.15) is 0 Å². The molecule has 0 spiro atoms. The van der Waals surface area contributed by atoms with Gasteiger partial charge in [0.15, 0.2) is 0 Å². The van der Waals surface area contributed by atoms with Gasteiger partial charge < -0.3 is 4.74 Å². The molecule has 0 radical (unpaired) electrons. The van der Waals surface area contributed by atoms with Gasteiger partial charge >= 0.3 is 0 Å². The Labute approximate surface area is 86.0 Å². The Hall–Kier alpha value is -1.76. The van der Waals surface area contributed by atoms with E-state index in [0.717, 1.165) is 11.3 Å². The summed E-state index contributed by atoms with van der Waals surface area (Å²) in [5.74, 6) is 0.880. The highest BCUT2D eigenvalue weighted by molar-refractivity contribution is 5.48. The molecule has 1 nitrogen and oxygen atoms in total. The Morgan fingerprint density at radius 2 is 1.50 bits per heavy atom. The lowest BCUT2D eigenvalue weighted by atomic mass is 10.2. The van der Waals surface area contributed by atoms with E-state index in [1.54, 1.807) is 25.3 Å². The van der Waals surface area contributed by atoms with Crippen LogP contribution >= 0.6 is 0 Å². The number of hydrogen-bond acceptors (Lipinski definition) is 1. The standard InChI is InChI=1S/C9H10O.C4H6/c1-3-8-4-6-9(10-2)7-5-8;1-3-4-2/h3-7H,1H2,2H3;3-4H,1-2H2. The van der Waals surface area contributed by atoms with Crippen LogP contribution in [0.3, 0.4) is 0 Å². The molecule has 0 unspecified atom stereocenters. The fourth-order valence-corrected chi connectivity index (χ4v) is 0.740. The van der Waals surface area contributed by atoms with Crippen molar-refractivity contribution in [3.8, 4) is 5.75 Å². The predicted molar refractivity (Wildman–Crippen MR) is 63.5 cm³/mol. The summed E-state index contributed by atoms with van der Waals surface area (Å²) in [6.45, 7) is 10.4. The van der Waals surface area contributed by atoms with E-state index >= 15 is 0 Å².